The molecule has 0 aliphatic rings. The third-order valence-electron chi connectivity index (χ3n) is 0.668. The molecular weight excluding hydrogens is 108 g/mol. The molecule has 0 radical (unpaired) electrons. The third kappa shape index (κ3) is 3.55. The zero-order valence-electron chi connectivity index (χ0n) is 5.03. The summed E-state index contributed by atoms with van der Waals surface area (Å²) in [7, 11) is 1.51. The maximum absolute atomic E-state index is 9.61. The fourth-order valence-corrected chi connectivity index (χ4v) is 0.416. The van der Waals surface area contributed by atoms with Gasteiger partial charge in [-0.2, -0.15) is 0 Å². The summed E-state index contributed by atoms with van der Waals surface area (Å²) in [6.45, 7) is 1.89. The van der Waals surface area contributed by atoms with E-state index >= 15 is 0 Å². The van der Waals surface area contributed by atoms with Gasteiger partial charge in [0.1, 0.15) is 0 Å². The van der Waals surface area contributed by atoms with Gasteiger partial charge in [0.05, 0.1) is 17.9 Å². The monoisotopic (exact) mass is 118 g/mol. The van der Waals surface area contributed by atoms with Crippen LogP contribution in [0.25, 0.3) is 0 Å². The van der Waals surface area contributed by atoms with Gasteiger partial charge in [0.25, 0.3) is 0 Å². The number of likely N-dealkylation sites (N-methyl/N-ethyl adjacent to an activating group) is 1. The lowest BCUT2D eigenvalue weighted by atomic mass is 10.4. The highest BCUT2D eigenvalue weighted by atomic mass is 16.3. The lowest BCUT2D eigenvalue weighted by Crippen LogP contribution is -2.21. The SMILES string of the molecule is C[C@H](O)CN(C)N=O. The average Bonchev–Trinajstić information content (AvgIpc) is 1.65. The van der Waals surface area contributed by atoms with Crippen molar-refractivity contribution in [2.24, 2.45) is 5.29 Å². The van der Waals surface area contributed by atoms with Gasteiger partial charge in [-0.25, -0.2) is 0 Å². The van der Waals surface area contributed by atoms with Crippen LogP contribution in [0.2, 0.25) is 0 Å². The largest absolute Gasteiger partial charge is 0.392 e. The van der Waals surface area contributed by atoms with Crippen LogP contribution in [0.5, 0.6) is 0 Å². The Kier molecular flexibility index (Phi) is 3.10. The molecular formula is C4H10N2O2. The molecule has 0 aromatic heterocycles. The molecule has 0 heterocycles. The number of aliphatic hydroxyl groups is 1. The summed E-state index contributed by atoms with van der Waals surface area (Å²) < 4.78 is 0. The molecule has 0 amide bonds. The molecule has 0 spiro atoms. The van der Waals surface area contributed by atoms with Gasteiger partial charge in [0.15, 0.2) is 0 Å². The first kappa shape index (κ1) is 7.36. The molecule has 4 nitrogen and oxygen atoms in total. The number of aliphatic hydroxyl groups excluding tert-OH is 1. The van der Waals surface area contributed by atoms with Gasteiger partial charge >= 0.3 is 0 Å². The van der Waals surface area contributed by atoms with Gasteiger partial charge in [-0.05, 0) is 6.92 Å². The molecule has 0 aliphatic heterocycles. The zero-order chi connectivity index (χ0) is 6.57. The van der Waals surface area contributed by atoms with Crippen LogP contribution in [0.1, 0.15) is 6.92 Å². The molecule has 0 aromatic rings. The lowest BCUT2D eigenvalue weighted by Gasteiger charge is -2.08. The Morgan fingerprint density at radius 2 is 2.38 bits per heavy atom. The van der Waals surface area contributed by atoms with E-state index in [9.17, 15) is 4.91 Å². The van der Waals surface area contributed by atoms with Gasteiger partial charge in [-0.3, -0.25) is 5.01 Å². The first-order valence-corrected chi connectivity index (χ1v) is 2.39. The van der Waals surface area contributed by atoms with Gasteiger partial charge in [-0.1, -0.05) is 0 Å². The first-order chi connectivity index (χ1) is 3.66. The smallest absolute Gasteiger partial charge is 0.0704 e. The van der Waals surface area contributed by atoms with Crippen molar-refractivity contribution in [3.8, 4) is 0 Å². The van der Waals surface area contributed by atoms with Crippen molar-refractivity contribution < 1.29 is 5.11 Å². The summed E-state index contributed by atoms with van der Waals surface area (Å²) in [5, 5.41) is 12.3. The molecule has 0 saturated carbocycles. The minimum atomic E-state index is -0.488. The zero-order valence-corrected chi connectivity index (χ0v) is 5.03. The van der Waals surface area contributed by atoms with Crippen LogP contribution in [0.3, 0.4) is 0 Å². The molecule has 0 aromatic carbocycles. The molecule has 0 rings (SSSR count). The van der Waals surface area contributed by atoms with E-state index in [0.717, 1.165) is 5.01 Å². The summed E-state index contributed by atoms with van der Waals surface area (Å²) in [4.78, 5) is 9.61. The highest BCUT2D eigenvalue weighted by Gasteiger charge is 1.98. The van der Waals surface area contributed by atoms with Crippen molar-refractivity contribution in [2.45, 2.75) is 13.0 Å². The van der Waals surface area contributed by atoms with E-state index in [1.54, 1.807) is 6.92 Å². The van der Waals surface area contributed by atoms with Crippen molar-refractivity contribution in [1.82, 2.24) is 5.01 Å². The van der Waals surface area contributed by atoms with Crippen LogP contribution < -0.4 is 0 Å². The predicted molar refractivity (Wildman–Crippen MR) is 30.1 cm³/mol. The van der Waals surface area contributed by atoms with Gasteiger partial charge in [0, 0.05) is 7.05 Å². The normalized spacial score (nSPS) is 12.9. The highest BCUT2D eigenvalue weighted by Crippen LogP contribution is 1.85. The number of rotatable bonds is 3. The van der Waals surface area contributed by atoms with Crippen LogP contribution in [-0.4, -0.2) is 29.8 Å². The fraction of sp³-hybridized carbons (Fsp3) is 1.00. The van der Waals surface area contributed by atoms with Crippen LogP contribution in [0.4, 0.5) is 0 Å². The van der Waals surface area contributed by atoms with Crippen molar-refractivity contribution in [3.63, 3.8) is 0 Å². The van der Waals surface area contributed by atoms with Gasteiger partial charge in [-0.15, -0.1) is 4.91 Å². The Labute approximate surface area is 48.1 Å². The van der Waals surface area contributed by atoms with Crippen LogP contribution in [0.15, 0.2) is 5.29 Å². The van der Waals surface area contributed by atoms with Crippen molar-refractivity contribution in [3.05, 3.63) is 4.91 Å². The number of hydrogen-bond donors (Lipinski definition) is 1. The molecule has 1 atom stereocenters. The summed E-state index contributed by atoms with van der Waals surface area (Å²) in [6.07, 6.45) is -0.488. The average molecular weight is 118 g/mol. The molecule has 1 N–H and O–H groups in total. The second kappa shape index (κ2) is 3.37. The van der Waals surface area contributed by atoms with Crippen LogP contribution in [0, 0.1) is 4.91 Å². The molecule has 8 heavy (non-hydrogen) atoms. The van der Waals surface area contributed by atoms with Crippen molar-refractivity contribution >= 4 is 0 Å². The van der Waals surface area contributed by atoms with E-state index in [0.29, 0.717) is 6.54 Å². The maximum Gasteiger partial charge on any atom is 0.0704 e. The molecule has 0 fully saturated rings. The van der Waals surface area contributed by atoms with E-state index in [4.69, 9.17) is 5.11 Å². The lowest BCUT2D eigenvalue weighted by molar-refractivity contribution is 0.143. The van der Waals surface area contributed by atoms with E-state index in [2.05, 4.69) is 5.29 Å². The first-order valence-electron chi connectivity index (χ1n) is 2.39. The van der Waals surface area contributed by atoms with E-state index in [-0.39, 0.29) is 0 Å². The van der Waals surface area contributed by atoms with Crippen LogP contribution in [-0.2, 0) is 0 Å². The Morgan fingerprint density at radius 1 is 1.88 bits per heavy atom. The highest BCUT2D eigenvalue weighted by molar-refractivity contribution is 4.48. The van der Waals surface area contributed by atoms with Crippen molar-refractivity contribution in [2.75, 3.05) is 13.6 Å². The standard InChI is InChI=1S/C4H10N2O2/c1-4(7)3-6(2)5-8/h4,7H,3H2,1-2H3/t4-/m0/s1. The summed E-state index contributed by atoms with van der Waals surface area (Å²) in [5.74, 6) is 0. The van der Waals surface area contributed by atoms with E-state index in [1.165, 1.54) is 7.05 Å². The van der Waals surface area contributed by atoms with Gasteiger partial charge in [0.2, 0.25) is 0 Å². The molecule has 0 aliphatic carbocycles. The van der Waals surface area contributed by atoms with Gasteiger partial charge < -0.3 is 5.11 Å². The fourth-order valence-electron chi connectivity index (χ4n) is 0.416. The second-order valence-corrected chi connectivity index (χ2v) is 1.77. The maximum atomic E-state index is 9.61. The summed E-state index contributed by atoms with van der Waals surface area (Å²) in [6, 6.07) is 0. The third-order valence-corrected chi connectivity index (χ3v) is 0.668. The Bertz CT molecular complexity index is 74.4. The quantitative estimate of drug-likeness (QED) is 0.418. The van der Waals surface area contributed by atoms with Crippen LogP contribution >= 0.6 is 0 Å². The number of nitrogens with zero attached hydrogens (tertiary/aromatic N) is 2. The molecule has 0 saturated heterocycles. The molecule has 0 bridgehead atoms. The molecule has 0 unspecified atom stereocenters. The molecule has 4 heteroatoms. The van der Waals surface area contributed by atoms with E-state index < -0.39 is 6.10 Å². The summed E-state index contributed by atoms with van der Waals surface area (Å²) >= 11 is 0. The molecule has 48 valence electrons. The minimum absolute atomic E-state index is 0.295. The Morgan fingerprint density at radius 3 is 2.50 bits per heavy atom. The topological polar surface area (TPSA) is 52.9 Å². The predicted octanol–water partition coefficient (Wildman–Crippen LogP) is -0.0196. The Hall–Kier alpha value is -0.640. The second-order valence-electron chi connectivity index (χ2n) is 1.77. The number of nitroso groups, excluding NO2 is 1. The number of hydrogen-bond acceptors (Lipinski definition) is 3. The Balaban J connectivity index is 3.23. The summed E-state index contributed by atoms with van der Waals surface area (Å²) in [5.41, 5.74) is 0. The van der Waals surface area contributed by atoms with E-state index in [1.807, 2.05) is 0 Å². The minimum Gasteiger partial charge on any atom is -0.392 e. The van der Waals surface area contributed by atoms with Crippen molar-refractivity contribution in [1.29, 1.82) is 0 Å².